The molecular weight excluding hydrogens is 244 g/mol. The minimum Gasteiger partial charge on any atom is -0.384 e. The summed E-state index contributed by atoms with van der Waals surface area (Å²) in [4.78, 5) is 9.73. The fraction of sp³-hybridized carbons (Fsp3) is 0.231. The van der Waals surface area contributed by atoms with Crippen molar-refractivity contribution in [3.05, 3.63) is 41.8 Å². The molecule has 3 rings (SSSR count). The first kappa shape index (κ1) is 11.2. The van der Waals surface area contributed by atoms with Crippen molar-refractivity contribution in [1.29, 1.82) is 0 Å². The van der Waals surface area contributed by atoms with Crippen molar-refractivity contribution in [2.45, 2.75) is 19.4 Å². The number of pyridine rings is 1. The van der Waals surface area contributed by atoms with E-state index in [0.29, 0.717) is 5.82 Å². The van der Waals surface area contributed by atoms with Crippen LogP contribution < -0.4 is 5.73 Å². The molecule has 0 unspecified atom stereocenters. The topological polar surface area (TPSA) is 56.7 Å². The van der Waals surface area contributed by atoms with Crippen molar-refractivity contribution in [2.75, 3.05) is 5.73 Å². The number of hydrogen-bond acceptors (Lipinski definition) is 4. The number of nitrogen functional groups attached to an aromatic ring is 1. The van der Waals surface area contributed by atoms with E-state index < -0.39 is 0 Å². The van der Waals surface area contributed by atoms with Gasteiger partial charge in [0.15, 0.2) is 0 Å². The van der Waals surface area contributed by atoms with Gasteiger partial charge in [0.05, 0.1) is 16.5 Å². The Morgan fingerprint density at radius 3 is 3.11 bits per heavy atom. The lowest BCUT2D eigenvalue weighted by Gasteiger charge is -1.99. The van der Waals surface area contributed by atoms with Crippen LogP contribution in [0.3, 0.4) is 0 Å². The largest absolute Gasteiger partial charge is 0.384 e. The number of hydrogen-bond donors (Lipinski definition) is 1. The smallest absolute Gasteiger partial charge is 0.124 e. The van der Waals surface area contributed by atoms with Gasteiger partial charge in [-0.1, -0.05) is 0 Å². The average Bonchev–Trinajstić information content (AvgIpc) is 2.97. The van der Waals surface area contributed by atoms with E-state index in [-0.39, 0.29) is 0 Å². The van der Waals surface area contributed by atoms with Crippen LogP contribution in [0.5, 0.6) is 0 Å². The van der Waals surface area contributed by atoms with Crippen molar-refractivity contribution in [2.24, 2.45) is 0 Å². The quantitative estimate of drug-likeness (QED) is 0.782. The number of fused-ring (bicyclic) bond motifs is 1. The molecule has 0 radical (unpaired) electrons. The third-order valence-corrected chi connectivity index (χ3v) is 3.99. The lowest BCUT2D eigenvalue weighted by Crippen LogP contribution is -1.95. The van der Waals surface area contributed by atoms with Gasteiger partial charge in [-0.15, -0.1) is 11.3 Å². The third kappa shape index (κ3) is 2.36. The minimum absolute atomic E-state index is 0.588. The molecular formula is C13H14N4S. The van der Waals surface area contributed by atoms with Gasteiger partial charge in [-0.2, -0.15) is 0 Å². The van der Waals surface area contributed by atoms with E-state index in [1.807, 2.05) is 30.9 Å². The van der Waals surface area contributed by atoms with E-state index in [0.717, 1.165) is 24.9 Å². The van der Waals surface area contributed by atoms with E-state index >= 15 is 0 Å². The summed E-state index contributed by atoms with van der Waals surface area (Å²) in [6.07, 6.45) is 7.84. The molecule has 0 saturated heterocycles. The SMILES string of the molecule is Nc1ccc2sc(CCCn3ccnc3)cc2n1. The highest BCUT2D eigenvalue weighted by Crippen LogP contribution is 2.25. The Hall–Kier alpha value is -1.88. The molecule has 3 heterocycles. The Morgan fingerprint density at radius 1 is 1.33 bits per heavy atom. The van der Waals surface area contributed by atoms with Crippen LogP contribution >= 0.6 is 11.3 Å². The van der Waals surface area contributed by atoms with Gasteiger partial charge in [0.2, 0.25) is 0 Å². The normalized spacial score (nSPS) is 11.1. The number of aromatic nitrogens is 3. The van der Waals surface area contributed by atoms with Gasteiger partial charge in [-0.3, -0.25) is 0 Å². The predicted molar refractivity (Wildman–Crippen MR) is 74.6 cm³/mol. The van der Waals surface area contributed by atoms with Crippen LogP contribution in [0.4, 0.5) is 5.82 Å². The maximum Gasteiger partial charge on any atom is 0.124 e. The van der Waals surface area contributed by atoms with E-state index in [4.69, 9.17) is 5.73 Å². The van der Waals surface area contributed by atoms with Crippen LogP contribution in [0.1, 0.15) is 11.3 Å². The van der Waals surface area contributed by atoms with E-state index in [1.165, 1.54) is 9.58 Å². The monoisotopic (exact) mass is 258 g/mol. The van der Waals surface area contributed by atoms with E-state index in [1.54, 1.807) is 11.3 Å². The molecule has 3 aromatic heterocycles. The van der Waals surface area contributed by atoms with Gasteiger partial charge < -0.3 is 10.3 Å². The summed E-state index contributed by atoms with van der Waals surface area (Å²) < 4.78 is 3.31. The van der Waals surface area contributed by atoms with Gasteiger partial charge in [-0.25, -0.2) is 9.97 Å². The molecule has 92 valence electrons. The van der Waals surface area contributed by atoms with E-state index in [9.17, 15) is 0 Å². The number of nitrogens with two attached hydrogens (primary N) is 1. The molecule has 18 heavy (non-hydrogen) atoms. The molecule has 0 aliphatic heterocycles. The first-order valence-corrected chi connectivity index (χ1v) is 6.73. The van der Waals surface area contributed by atoms with Crippen molar-refractivity contribution >= 4 is 27.4 Å². The molecule has 0 fully saturated rings. The number of rotatable bonds is 4. The molecule has 0 spiro atoms. The lowest BCUT2D eigenvalue weighted by atomic mass is 10.2. The average molecular weight is 258 g/mol. The fourth-order valence-corrected chi connectivity index (χ4v) is 3.01. The van der Waals surface area contributed by atoms with Crippen LogP contribution in [-0.4, -0.2) is 14.5 Å². The second-order valence-electron chi connectivity index (χ2n) is 4.24. The third-order valence-electron chi connectivity index (χ3n) is 2.84. The summed E-state index contributed by atoms with van der Waals surface area (Å²) >= 11 is 1.80. The Balaban J connectivity index is 1.67. The van der Waals surface area contributed by atoms with Gasteiger partial charge >= 0.3 is 0 Å². The molecule has 3 aromatic rings. The van der Waals surface area contributed by atoms with Crippen molar-refractivity contribution in [3.8, 4) is 0 Å². The predicted octanol–water partition coefficient (Wildman–Crippen LogP) is 2.71. The van der Waals surface area contributed by atoms with Crippen LogP contribution in [0.2, 0.25) is 0 Å². The van der Waals surface area contributed by atoms with Gasteiger partial charge in [0.1, 0.15) is 5.82 Å². The maximum absolute atomic E-state index is 5.68. The molecule has 0 bridgehead atoms. The van der Waals surface area contributed by atoms with Crippen molar-refractivity contribution in [3.63, 3.8) is 0 Å². The Labute approximate surface area is 109 Å². The maximum atomic E-state index is 5.68. The highest BCUT2D eigenvalue weighted by atomic mass is 32.1. The van der Waals surface area contributed by atoms with Crippen molar-refractivity contribution in [1.82, 2.24) is 14.5 Å². The zero-order valence-electron chi connectivity index (χ0n) is 9.91. The zero-order chi connectivity index (χ0) is 12.4. The summed E-state index contributed by atoms with van der Waals surface area (Å²) in [5.41, 5.74) is 6.69. The van der Waals surface area contributed by atoms with Gasteiger partial charge in [0, 0.05) is 23.8 Å². The number of aryl methyl sites for hydroxylation is 2. The standard InChI is InChI=1S/C13H14N4S/c14-13-4-3-12-11(16-13)8-10(18-12)2-1-6-17-7-5-15-9-17/h3-5,7-9H,1-2,6H2,(H2,14,16). The van der Waals surface area contributed by atoms with Gasteiger partial charge in [-0.05, 0) is 31.0 Å². The summed E-state index contributed by atoms with van der Waals surface area (Å²) in [5.74, 6) is 0.588. The van der Waals surface area contributed by atoms with Crippen LogP contribution in [0.25, 0.3) is 10.2 Å². The first-order chi connectivity index (χ1) is 8.81. The Bertz CT molecular complexity index is 642. The Morgan fingerprint density at radius 2 is 2.28 bits per heavy atom. The molecule has 0 aliphatic rings. The summed E-state index contributed by atoms with van der Waals surface area (Å²) in [6.45, 7) is 1.00. The molecule has 0 aromatic carbocycles. The summed E-state index contributed by atoms with van der Waals surface area (Å²) in [6, 6.07) is 6.04. The fourth-order valence-electron chi connectivity index (χ4n) is 1.97. The molecule has 0 aliphatic carbocycles. The van der Waals surface area contributed by atoms with Crippen molar-refractivity contribution < 1.29 is 0 Å². The van der Waals surface area contributed by atoms with Crippen LogP contribution in [0.15, 0.2) is 36.9 Å². The van der Waals surface area contributed by atoms with E-state index in [2.05, 4.69) is 20.6 Å². The molecule has 0 atom stereocenters. The van der Waals surface area contributed by atoms with Crippen LogP contribution in [0, 0.1) is 0 Å². The lowest BCUT2D eigenvalue weighted by molar-refractivity contribution is 0.645. The molecule has 4 nitrogen and oxygen atoms in total. The summed E-state index contributed by atoms with van der Waals surface area (Å²) in [5, 5.41) is 0. The summed E-state index contributed by atoms with van der Waals surface area (Å²) in [7, 11) is 0. The first-order valence-electron chi connectivity index (χ1n) is 5.92. The number of nitrogens with zero attached hydrogens (tertiary/aromatic N) is 3. The number of anilines is 1. The second-order valence-corrected chi connectivity index (χ2v) is 5.40. The minimum atomic E-state index is 0.588. The Kier molecular flexibility index (Phi) is 2.98. The molecule has 2 N–H and O–H groups in total. The number of imidazole rings is 1. The number of thiophene rings is 1. The highest BCUT2D eigenvalue weighted by Gasteiger charge is 2.03. The zero-order valence-corrected chi connectivity index (χ0v) is 10.7. The van der Waals surface area contributed by atoms with Crippen LogP contribution in [-0.2, 0) is 13.0 Å². The second kappa shape index (κ2) is 4.78. The molecule has 0 amide bonds. The molecule has 5 heteroatoms. The van der Waals surface area contributed by atoms with Gasteiger partial charge in [0.25, 0.3) is 0 Å². The highest BCUT2D eigenvalue weighted by molar-refractivity contribution is 7.19. The molecule has 0 saturated carbocycles.